The Kier molecular flexibility index (Phi) is 4.64. The first kappa shape index (κ1) is 18.9. The number of hydrogen-bond donors (Lipinski definition) is 3. The van der Waals surface area contributed by atoms with E-state index in [-0.39, 0.29) is 10.6 Å². The normalized spacial score (nSPS) is 14.9. The van der Waals surface area contributed by atoms with E-state index in [1.54, 1.807) is 13.0 Å². The SMILES string of the molecule is Cc1nc(CC(N)=O)sc1S(=O)(=O)Nc1ccc2[nH]c3c(c2c1)CCN(C)C3. The largest absolute Gasteiger partial charge is 0.369 e. The summed E-state index contributed by atoms with van der Waals surface area (Å²) in [6.45, 7) is 3.43. The number of benzene rings is 1. The number of hydrogen-bond acceptors (Lipinski definition) is 6. The number of aromatic amines is 1. The van der Waals surface area contributed by atoms with Gasteiger partial charge in [0.05, 0.1) is 12.1 Å². The Hall–Kier alpha value is -2.43. The average Bonchev–Trinajstić information content (AvgIpc) is 3.13. The van der Waals surface area contributed by atoms with E-state index in [1.165, 1.54) is 11.3 Å². The lowest BCUT2D eigenvalue weighted by Crippen LogP contribution is -2.26. The molecule has 0 aliphatic carbocycles. The van der Waals surface area contributed by atoms with Gasteiger partial charge in [-0.15, -0.1) is 11.3 Å². The fourth-order valence-corrected chi connectivity index (χ4v) is 6.17. The number of sulfonamides is 1. The first-order valence-electron chi connectivity index (χ1n) is 8.82. The quantitative estimate of drug-likeness (QED) is 0.582. The van der Waals surface area contributed by atoms with Crippen molar-refractivity contribution in [2.45, 2.75) is 30.5 Å². The van der Waals surface area contributed by atoms with Gasteiger partial charge in [0.25, 0.3) is 10.0 Å². The van der Waals surface area contributed by atoms with Crippen LogP contribution in [0.4, 0.5) is 5.69 Å². The van der Waals surface area contributed by atoms with Gasteiger partial charge < -0.3 is 15.6 Å². The number of H-pyrrole nitrogens is 1. The molecule has 0 spiro atoms. The van der Waals surface area contributed by atoms with Gasteiger partial charge >= 0.3 is 0 Å². The van der Waals surface area contributed by atoms with Crippen molar-refractivity contribution < 1.29 is 13.2 Å². The number of amides is 1. The zero-order chi connectivity index (χ0) is 20.1. The maximum atomic E-state index is 12.9. The van der Waals surface area contributed by atoms with Gasteiger partial charge in [0, 0.05) is 35.4 Å². The summed E-state index contributed by atoms with van der Waals surface area (Å²) in [6.07, 6.45) is 0.851. The number of nitrogens with one attached hydrogen (secondary N) is 2. The van der Waals surface area contributed by atoms with Crippen LogP contribution in [-0.2, 0) is 34.2 Å². The van der Waals surface area contributed by atoms with Crippen molar-refractivity contribution >= 4 is 43.9 Å². The molecule has 3 heterocycles. The minimum atomic E-state index is -3.81. The van der Waals surface area contributed by atoms with Crippen LogP contribution in [0, 0.1) is 6.92 Å². The number of thiazole rings is 1. The van der Waals surface area contributed by atoms with Gasteiger partial charge in [-0.1, -0.05) is 0 Å². The number of aryl methyl sites for hydroxylation is 1. The van der Waals surface area contributed by atoms with Crippen molar-refractivity contribution in [2.24, 2.45) is 5.73 Å². The van der Waals surface area contributed by atoms with Crippen molar-refractivity contribution in [2.75, 3.05) is 18.3 Å². The second kappa shape index (κ2) is 6.87. The van der Waals surface area contributed by atoms with Gasteiger partial charge in [-0.3, -0.25) is 9.52 Å². The van der Waals surface area contributed by atoms with Crippen LogP contribution in [0.15, 0.2) is 22.4 Å². The molecule has 0 atom stereocenters. The fourth-order valence-electron chi connectivity index (χ4n) is 3.55. The van der Waals surface area contributed by atoms with Crippen LogP contribution in [0.5, 0.6) is 0 Å². The van der Waals surface area contributed by atoms with E-state index in [4.69, 9.17) is 5.73 Å². The Morgan fingerprint density at radius 3 is 2.96 bits per heavy atom. The van der Waals surface area contributed by atoms with E-state index >= 15 is 0 Å². The molecule has 0 saturated carbocycles. The molecule has 1 amide bonds. The van der Waals surface area contributed by atoms with E-state index in [2.05, 4.69) is 26.6 Å². The van der Waals surface area contributed by atoms with E-state index in [9.17, 15) is 13.2 Å². The third-order valence-corrected chi connectivity index (χ3v) is 7.93. The zero-order valence-electron chi connectivity index (χ0n) is 15.6. The van der Waals surface area contributed by atoms with Crippen LogP contribution in [0.2, 0.25) is 0 Å². The lowest BCUT2D eigenvalue weighted by atomic mass is 10.0. The highest BCUT2D eigenvalue weighted by Gasteiger charge is 2.24. The molecule has 28 heavy (non-hydrogen) atoms. The Morgan fingerprint density at radius 1 is 1.43 bits per heavy atom. The lowest BCUT2D eigenvalue weighted by Gasteiger charge is -2.22. The van der Waals surface area contributed by atoms with Crippen LogP contribution in [0.1, 0.15) is 22.0 Å². The van der Waals surface area contributed by atoms with E-state index < -0.39 is 15.9 Å². The summed E-state index contributed by atoms with van der Waals surface area (Å²) in [4.78, 5) is 20.9. The molecule has 10 heteroatoms. The molecule has 8 nitrogen and oxygen atoms in total. The summed E-state index contributed by atoms with van der Waals surface area (Å²) in [7, 11) is -1.72. The second-order valence-corrected chi connectivity index (χ2v) is 10.0. The van der Waals surface area contributed by atoms with Crippen LogP contribution in [-0.4, -0.2) is 42.8 Å². The number of nitrogens with zero attached hydrogens (tertiary/aromatic N) is 2. The molecule has 2 aromatic heterocycles. The number of primary amides is 1. The number of likely N-dealkylation sites (N-methyl/N-ethyl adjacent to an activating group) is 1. The minimum Gasteiger partial charge on any atom is -0.369 e. The first-order chi connectivity index (χ1) is 13.2. The Labute approximate surface area is 166 Å². The summed E-state index contributed by atoms with van der Waals surface area (Å²) in [5, 5.41) is 1.43. The minimum absolute atomic E-state index is 0.0725. The van der Waals surface area contributed by atoms with Crippen LogP contribution in [0.25, 0.3) is 10.9 Å². The number of aromatic nitrogens is 2. The van der Waals surface area contributed by atoms with Gasteiger partial charge in [-0.05, 0) is 44.2 Å². The van der Waals surface area contributed by atoms with E-state index in [1.807, 2.05) is 12.1 Å². The maximum Gasteiger partial charge on any atom is 0.273 e. The van der Waals surface area contributed by atoms with Gasteiger partial charge in [-0.2, -0.15) is 0 Å². The number of carbonyl (C=O) groups excluding carboxylic acids is 1. The van der Waals surface area contributed by atoms with Gasteiger partial charge in [0.15, 0.2) is 4.21 Å². The summed E-state index contributed by atoms with van der Waals surface area (Å²) in [6, 6.07) is 5.50. The molecule has 4 N–H and O–H groups in total. The zero-order valence-corrected chi connectivity index (χ0v) is 17.2. The molecular formula is C18H21N5O3S2. The predicted octanol–water partition coefficient (Wildman–Crippen LogP) is 1.75. The molecule has 148 valence electrons. The molecule has 1 aliphatic heterocycles. The number of rotatable bonds is 5. The predicted molar refractivity (Wildman–Crippen MR) is 109 cm³/mol. The number of fused-ring (bicyclic) bond motifs is 3. The van der Waals surface area contributed by atoms with Crippen molar-refractivity contribution in [1.82, 2.24) is 14.9 Å². The number of nitrogens with two attached hydrogens (primary N) is 1. The first-order valence-corrected chi connectivity index (χ1v) is 11.1. The molecule has 4 rings (SSSR count). The number of anilines is 1. The lowest BCUT2D eigenvalue weighted by molar-refractivity contribution is -0.117. The van der Waals surface area contributed by atoms with Crippen molar-refractivity contribution in [3.05, 3.63) is 40.2 Å². The molecule has 0 bridgehead atoms. The van der Waals surface area contributed by atoms with Gasteiger partial charge in [0.2, 0.25) is 5.91 Å². The highest BCUT2D eigenvalue weighted by molar-refractivity contribution is 7.94. The van der Waals surface area contributed by atoms with E-state index in [0.29, 0.717) is 16.4 Å². The highest BCUT2D eigenvalue weighted by atomic mass is 32.2. The number of carbonyl (C=O) groups is 1. The van der Waals surface area contributed by atoms with Crippen molar-refractivity contribution in [3.63, 3.8) is 0 Å². The third-order valence-electron chi connectivity index (χ3n) is 4.79. The van der Waals surface area contributed by atoms with Crippen LogP contribution < -0.4 is 10.5 Å². The van der Waals surface area contributed by atoms with Gasteiger partial charge in [0.1, 0.15) is 5.01 Å². The molecule has 0 unspecified atom stereocenters. The second-order valence-electron chi connectivity index (χ2n) is 7.06. The standard InChI is InChI=1S/C18H21N5O3S2/c1-10-18(27-17(20-10)8-16(19)24)28(25,26)22-11-3-4-14-13(7-11)12-5-6-23(2)9-15(12)21-14/h3-4,7,21-22H,5-6,8-9H2,1-2H3,(H2,19,24). The summed E-state index contributed by atoms with van der Waals surface area (Å²) in [5.41, 5.74) is 9.46. The van der Waals surface area contributed by atoms with Crippen molar-refractivity contribution in [1.29, 1.82) is 0 Å². The summed E-state index contributed by atoms with van der Waals surface area (Å²) in [5.74, 6) is -0.543. The fraction of sp³-hybridized carbons (Fsp3) is 0.333. The molecule has 0 saturated heterocycles. The van der Waals surface area contributed by atoms with Crippen LogP contribution >= 0.6 is 11.3 Å². The van der Waals surface area contributed by atoms with Crippen molar-refractivity contribution in [3.8, 4) is 0 Å². The molecule has 0 radical (unpaired) electrons. The monoisotopic (exact) mass is 419 g/mol. The molecule has 3 aromatic rings. The molecule has 0 fully saturated rings. The van der Waals surface area contributed by atoms with Crippen LogP contribution in [0.3, 0.4) is 0 Å². The summed E-state index contributed by atoms with van der Waals surface area (Å²) < 4.78 is 28.5. The topological polar surface area (TPSA) is 121 Å². The van der Waals surface area contributed by atoms with E-state index in [0.717, 1.165) is 41.8 Å². The Balaban J connectivity index is 1.66. The smallest absolute Gasteiger partial charge is 0.273 e. The third kappa shape index (κ3) is 3.50. The van der Waals surface area contributed by atoms with Gasteiger partial charge in [-0.25, -0.2) is 13.4 Å². The molecular weight excluding hydrogens is 398 g/mol. The molecule has 1 aliphatic rings. The Morgan fingerprint density at radius 2 is 2.21 bits per heavy atom. The Bertz CT molecular complexity index is 1180. The summed E-state index contributed by atoms with van der Waals surface area (Å²) >= 11 is 0.968. The maximum absolute atomic E-state index is 12.9. The molecule has 1 aromatic carbocycles. The average molecular weight is 420 g/mol. The highest BCUT2D eigenvalue weighted by Crippen LogP contribution is 2.31.